The fourth-order valence-corrected chi connectivity index (χ4v) is 15.8. The van der Waals surface area contributed by atoms with E-state index >= 15 is 0 Å². The van der Waals surface area contributed by atoms with E-state index in [-0.39, 0.29) is 105 Å². The summed E-state index contributed by atoms with van der Waals surface area (Å²) in [5, 5.41) is 11.8. The van der Waals surface area contributed by atoms with Gasteiger partial charge in [0.05, 0.1) is 22.3 Å². The molecular formula is C73H70N6O16S3. The lowest BCUT2D eigenvalue weighted by Crippen LogP contribution is -2.54. The highest BCUT2D eigenvalue weighted by molar-refractivity contribution is 7.11. The van der Waals surface area contributed by atoms with Crippen LogP contribution in [0.25, 0.3) is 0 Å². The molecule has 3 aromatic heterocycles. The van der Waals surface area contributed by atoms with Gasteiger partial charge in [-0.05, 0) is 96.4 Å². The van der Waals surface area contributed by atoms with Crippen LogP contribution in [0.4, 0.5) is 0 Å². The molecule has 4 fully saturated rings. The van der Waals surface area contributed by atoms with E-state index < -0.39 is 88.3 Å². The average molecular weight is 1380 g/mol. The fraction of sp³-hybridized carbons (Fsp3) is 0.370. The summed E-state index contributed by atoms with van der Waals surface area (Å²) in [7, 11) is 0. The number of thiophene rings is 3. The first-order chi connectivity index (χ1) is 46.7. The molecule has 98 heavy (non-hydrogen) atoms. The molecule has 25 heteroatoms. The molecule has 3 saturated heterocycles. The fourth-order valence-electron chi connectivity index (χ4n) is 12.7. The van der Waals surface area contributed by atoms with E-state index in [4.69, 9.17) is 0 Å². The monoisotopic (exact) mass is 1380 g/mol. The molecule has 3 unspecified atom stereocenters. The first-order valence-electron chi connectivity index (χ1n) is 32.5. The van der Waals surface area contributed by atoms with Crippen molar-refractivity contribution in [2.45, 2.75) is 173 Å². The van der Waals surface area contributed by atoms with Gasteiger partial charge < -0.3 is 9.80 Å². The van der Waals surface area contributed by atoms with Crippen LogP contribution in [0.15, 0.2) is 88.9 Å². The summed E-state index contributed by atoms with van der Waals surface area (Å²) in [6, 6.07) is 19.0. The number of nitrogens with one attached hydrogen (secondary N) is 3. The Morgan fingerprint density at radius 2 is 0.837 bits per heavy atom. The normalized spacial score (nSPS) is 18.9. The van der Waals surface area contributed by atoms with Gasteiger partial charge in [0.2, 0.25) is 70.1 Å². The molecule has 7 aliphatic rings. The Balaban J connectivity index is 0.000000149. The van der Waals surface area contributed by atoms with E-state index in [1.54, 1.807) is 47.2 Å². The zero-order valence-corrected chi connectivity index (χ0v) is 56.9. The molecule has 13 rings (SSSR count). The van der Waals surface area contributed by atoms with E-state index in [1.165, 1.54) is 67.6 Å². The van der Waals surface area contributed by atoms with Crippen molar-refractivity contribution in [3.05, 3.63) is 170 Å². The number of ketones is 6. The number of benzene rings is 3. The number of rotatable bonds is 20. The molecule has 3 N–H and O–H groups in total. The summed E-state index contributed by atoms with van der Waals surface area (Å²) in [5.74, 6) is -6.44. The number of fused-ring (bicyclic) bond motifs is 3. The van der Waals surface area contributed by atoms with Crippen LogP contribution in [0.3, 0.4) is 0 Å². The van der Waals surface area contributed by atoms with Gasteiger partial charge in [-0.1, -0.05) is 107 Å². The minimum absolute atomic E-state index is 0.0422. The first-order valence-corrected chi connectivity index (χ1v) is 35.1. The van der Waals surface area contributed by atoms with Gasteiger partial charge in [0.1, 0.15) is 18.1 Å². The van der Waals surface area contributed by atoms with Crippen molar-refractivity contribution in [2.24, 2.45) is 0 Å². The number of hydrogen-bond acceptors (Lipinski definition) is 19. The number of aryl methyl sites for hydroxylation is 3. The highest BCUT2D eigenvalue weighted by Crippen LogP contribution is 2.41. The molecule has 22 nitrogen and oxygen atoms in total. The number of imide groups is 4. The molecule has 3 aromatic carbocycles. The Hall–Kier alpha value is -9.72. The van der Waals surface area contributed by atoms with Crippen LogP contribution in [0.5, 0.6) is 0 Å². The number of Topliss-reactive ketones (excluding diaryl/α,β-unsaturated/α-hetero) is 6. The van der Waals surface area contributed by atoms with Crippen molar-refractivity contribution in [3.63, 3.8) is 0 Å². The van der Waals surface area contributed by atoms with Crippen molar-refractivity contribution in [3.8, 4) is 0 Å². The van der Waals surface area contributed by atoms with E-state index in [9.17, 15) is 76.7 Å². The van der Waals surface area contributed by atoms with Gasteiger partial charge in [-0.2, -0.15) is 0 Å². The van der Waals surface area contributed by atoms with Gasteiger partial charge >= 0.3 is 0 Å². The Labute approximate surface area is 575 Å². The van der Waals surface area contributed by atoms with Gasteiger partial charge in [0.15, 0.2) is 0 Å². The van der Waals surface area contributed by atoms with Crippen molar-refractivity contribution in [1.29, 1.82) is 0 Å². The third kappa shape index (κ3) is 14.7. The second-order valence-electron chi connectivity index (χ2n) is 26.6. The number of carbonyl (C=O) groups is 16. The standard InChI is InChI=1S/C25H24N2O6S.C24H22N2O5S.C24H24N2O5S/c1-25(2,3)14-6-4-13(5-7-14)21(30)17(28)9-10-18-20-15(12-34-18)23(32)27(24(20)33)16-8-11-19(29)26-22(16)31;27-19(22(29)15-5-3-14(4-6-15)13-1-2-13)8-9-20-16-11-26(24(31)17(16)12-32-20)18-7-10-21(28)25-23(18)30;1-13(2)14-3-5-15(6-4-14)22(29)19(27)8-9-20-16-11-26(24(31)17(16)12-32-20)18-7-10-21(28)25-23(18)30/h4-7,12,16H,8-11H2,1-3H3,(H,26,29,31);3-6,12-13,18H,1-2,7-11H2,(H,25,28,30);3-6,12-13,18H,7-11H2,1-2H3,(H,25,28,30). The third-order valence-corrected chi connectivity index (χ3v) is 21.8. The van der Waals surface area contributed by atoms with Gasteiger partial charge in [-0.25, -0.2) is 0 Å². The van der Waals surface area contributed by atoms with Crippen molar-refractivity contribution in [1.82, 2.24) is 30.7 Å². The van der Waals surface area contributed by atoms with Crippen molar-refractivity contribution >= 4 is 128 Å². The predicted molar refractivity (Wildman–Crippen MR) is 359 cm³/mol. The third-order valence-electron chi connectivity index (χ3n) is 18.6. The number of piperidine rings is 3. The number of amides is 10. The largest absolute Gasteiger partial charge is 0.322 e. The Morgan fingerprint density at radius 3 is 1.23 bits per heavy atom. The van der Waals surface area contributed by atoms with Crippen LogP contribution < -0.4 is 16.0 Å². The lowest BCUT2D eigenvalue weighted by atomic mass is 9.86. The van der Waals surface area contributed by atoms with E-state index in [1.807, 2.05) is 36.4 Å². The van der Waals surface area contributed by atoms with E-state index in [2.05, 4.69) is 50.6 Å². The quantitative estimate of drug-likeness (QED) is 0.0366. The summed E-state index contributed by atoms with van der Waals surface area (Å²) in [5.41, 5.74) is 7.48. The highest BCUT2D eigenvalue weighted by Gasteiger charge is 2.47. The molecule has 3 atom stereocenters. The zero-order valence-electron chi connectivity index (χ0n) is 54.5. The minimum Gasteiger partial charge on any atom is -0.322 e. The number of hydrogen-bond donors (Lipinski definition) is 3. The van der Waals surface area contributed by atoms with E-state index in [0.717, 1.165) is 36.9 Å². The maximum Gasteiger partial charge on any atom is 0.263 e. The molecule has 506 valence electrons. The summed E-state index contributed by atoms with van der Waals surface area (Å²) in [4.78, 5) is 204. The van der Waals surface area contributed by atoms with Crippen molar-refractivity contribution in [2.75, 3.05) is 0 Å². The smallest absolute Gasteiger partial charge is 0.263 e. The second-order valence-corrected chi connectivity index (χ2v) is 29.4. The van der Waals surface area contributed by atoms with Crippen LogP contribution >= 0.6 is 34.0 Å². The summed E-state index contributed by atoms with van der Waals surface area (Å²) in [6.07, 6.45) is 4.41. The topological polar surface area (TPSA) is 319 Å². The molecule has 6 aliphatic heterocycles. The van der Waals surface area contributed by atoms with Crippen LogP contribution in [0.1, 0.15) is 232 Å². The molecule has 0 radical (unpaired) electrons. The Bertz CT molecular complexity index is 4200. The molecule has 0 bridgehead atoms. The lowest BCUT2D eigenvalue weighted by Gasteiger charge is -2.29. The van der Waals surface area contributed by atoms with Gasteiger partial charge in [0, 0.05) is 99.1 Å². The van der Waals surface area contributed by atoms with E-state index in [0.29, 0.717) is 70.2 Å². The molecular weight excluding hydrogens is 1310 g/mol. The highest BCUT2D eigenvalue weighted by atomic mass is 32.1. The summed E-state index contributed by atoms with van der Waals surface area (Å²) < 4.78 is 0. The van der Waals surface area contributed by atoms with Crippen LogP contribution in [-0.2, 0) is 80.9 Å². The minimum atomic E-state index is -1.04. The Morgan fingerprint density at radius 1 is 0.459 bits per heavy atom. The molecule has 9 heterocycles. The molecule has 0 spiro atoms. The second kappa shape index (κ2) is 28.8. The number of carbonyl (C=O) groups excluding carboxylic acids is 16. The van der Waals surface area contributed by atoms with Gasteiger partial charge in [0.25, 0.3) is 23.6 Å². The maximum atomic E-state index is 13.0. The molecule has 1 aliphatic carbocycles. The molecule has 10 amide bonds. The van der Waals surface area contributed by atoms with Gasteiger partial charge in [-0.3, -0.25) is 97.6 Å². The maximum absolute atomic E-state index is 13.0. The van der Waals surface area contributed by atoms with Crippen molar-refractivity contribution < 1.29 is 76.7 Å². The van der Waals surface area contributed by atoms with Gasteiger partial charge in [-0.15, -0.1) is 34.0 Å². The molecule has 1 saturated carbocycles. The van der Waals surface area contributed by atoms with Crippen LogP contribution in [-0.4, -0.2) is 127 Å². The zero-order chi connectivity index (χ0) is 70.2. The SMILES string of the molecule is CC(C)(C)c1ccc(C(=O)C(=O)CCc2scc3c2C(=O)N(C2CCC(=O)NC2=O)C3=O)cc1.CC(C)c1ccc(C(=O)C(=O)CCc2scc3c2CN(C2CCC(=O)NC2=O)C3=O)cc1.O=C1CCC(N2Cc3c(csc3CCC(=O)C(=O)c3ccc(C4CC4)cc3)C2=O)C(=O)N1. The summed E-state index contributed by atoms with van der Waals surface area (Å²) in [6.45, 7) is 10.9. The Kier molecular flexibility index (Phi) is 20.4. The van der Waals surface area contributed by atoms with Crippen LogP contribution in [0.2, 0.25) is 0 Å². The predicted octanol–water partition coefficient (Wildman–Crippen LogP) is 8.62. The first kappa shape index (κ1) is 69.6. The average Bonchev–Trinajstić information content (AvgIpc) is 1.60. The lowest BCUT2D eigenvalue weighted by molar-refractivity contribution is -0.138. The van der Waals surface area contributed by atoms with Crippen LogP contribution in [0, 0.1) is 0 Å². The summed E-state index contributed by atoms with van der Waals surface area (Å²) >= 11 is 3.97. The molecule has 6 aromatic rings. The number of nitrogens with zero attached hydrogens (tertiary/aromatic N) is 3.